The molecule has 0 saturated carbocycles. The number of hydrogen-bond donors (Lipinski definition) is 1. The Hall–Kier alpha value is -1.49. The molecule has 0 spiro atoms. The van der Waals surface area contributed by atoms with Crippen molar-refractivity contribution in [2.75, 3.05) is 19.7 Å². The SMILES string of the molecule is CCOC(=O)c1cnc(C2CNC2)nc1. The number of ether oxygens (including phenoxy) is 1. The van der Waals surface area contributed by atoms with Gasteiger partial charge < -0.3 is 10.1 Å². The van der Waals surface area contributed by atoms with Crippen molar-refractivity contribution in [1.82, 2.24) is 15.3 Å². The van der Waals surface area contributed by atoms with E-state index in [0.717, 1.165) is 18.9 Å². The van der Waals surface area contributed by atoms with Gasteiger partial charge in [0.05, 0.1) is 12.2 Å². The standard InChI is InChI=1S/C10H13N3O2/c1-2-15-10(14)8-5-12-9(13-6-8)7-3-11-4-7/h5-7,11H,2-4H2,1H3. The Bertz CT molecular complexity index is 346. The van der Waals surface area contributed by atoms with Crippen molar-refractivity contribution in [2.24, 2.45) is 0 Å². The molecule has 2 heterocycles. The first-order valence-corrected chi connectivity index (χ1v) is 5.01. The molecule has 1 aromatic heterocycles. The highest BCUT2D eigenvalue weighted by atomic mass is 16.5. The van der Waals surface area contributed by atoms with Gasteiger partial charge in [0.2, 0.25) is 0 Å². The predicted molar refractivity (Wildman–Crippen MR) is 53.6 cm³/mol. The summed E-state index contributed by atoms with van der Waals surface area (Å²) in [6.07, 6.45) is 3.05. The molecule has 0 unspecified atom stereocenters. The number of nitrogens with zero attached hydrogens (tertiary/aromatic N) is 2. The highest BCUT2D eigenvalue weighted by Gasteiger charge is 2.21. The molecule has 1 N–H and O–H groups in total. The zero-order valence-electron chi connectivity index (χ0n) is 8.56. The Morgan fingerprint density at radius 3 is 2.67 bits per heavy atom. The monoisotopic (exact) mass is 207 g/mol. The molecule has 5 heteroatoms. The fraction of sp³-hybridized carbons (Fsp3) is 0.500. The molecule has 15 heavy (non-hydrogen) atoms. The Morgan fingerprint density at radius 1 is 1.53 bits per heavy atom. The van der Waals surface area contributed by atoms with Crippen molar-refractivity contribution in [3.8, 4) is 0 Å². The molecule has 1 aliphatic rings. The van der Waals surface area contributed by atoms with Crippen LogP contribution in [0, 0.1) is 0 Å². The quantitative estimate of drug-likeness (QED) is 0.724. The molecule has 0 aliphatic carbocycles. The largest absolute Gasteiger partial charge is 0.462 e. The van der Waals surface area contributed by atoms with Gasteiger partial charge in [-0.25, -0.2) is 14.8 Å². The normalized spacial score (nSPS) is 15.8. The van der Waals surface area contributed by atoms with Crippen LogP contribution in [0.25, 0.3) is 0 Å². The highest BCUT2D eigenvalue weighted by molar-refractivity contribution is 5.88. The number of hydrogen-bond acceptors (Lipinski definition) is 5. The zero-order chi connectivity index (χ0) is 10.7. The van der Waals surface area contributed by atoms with E-state index in [2.05, 4.69) is 15.3 Å². The van der Waals surface area contributed by atoms with E-state index in [0.29, 0.717) is 18.1 Å². The predicted octanol–water partition coefficient (Wildman–Crippen LogP) is 0.340. The topological polar surface area (TPSA) is 64.1 Å². The fourth-order valence-electron chi connectivity index (χ4n) is 1.34. The minimum Gasteiger partial charge on any atom is -0.462 e. The summed E-state index contributed by atoms with van der Waals surface area (Å²) in [7, 11) is 0. The molecule has 0 bridgehead atoms. The van der Waals surface area contributed by atoms with E-state index in [1.54, 1.807) is 6.92 Å². The molecule has 5 nitrogen and oxygen atoms in total. The number of esters is 1. The molecular formula is C10H13N3O2. The van der Waals surface area contributed by atoms with Crippen LogP contribution in [0.2, 0.25) is 0 Å². The Balaban J connectivity index is 2.06. The van der Waals surface area contributed by atoms with Crippen molar-refractivity contribution in [1.29, 1.82) is 0 Å². The second kappa shape index (κ2) is 4.35. The molecule has 1 saturated heterocycles. The molecule has 0 aromatic carbocycles. The third kappa shape index (κ3) is 2.12. The summed E-state index contributed by atoms with van der Waals surface area (Å²) < 4.78 is 4.84. The summed E-state index contributed by atoms with van der Waals surface area (Å²) in [6.45, 7) is 3.97. The summed E-state index contributed by atoms with van der Waals surface area (Å²) in [4.78, 5) is 19.6. The summed E-state index contributed by atoms with van der Waals surface area (Å²) >= 11 is 0. The summed E-state index contributed by atoms with van der Waals surface area (Å²) in [5, 5.41) is 3.15. The van der Waals surface area contributed by atoms with Crippen LogP contribution in [0.15, 0.2) is 12.4 Å². The average molecular weight is 207 g/mol. The van der Waals surface area contributed by atoms with Gasteiger partial charge in [0.25, 0.3) is 0 Å². The number of carbonyl (C=O) groups is 1. The van der Waals surface area contributed by atoms with Gasteiger partial charge in [-0.15, -0.1) is 0 Å². The lowest BCUT2D eigenvalue weighted by molar-refractivity contribution is 0.0525. The summed E-state index contributed by atoms with van der Waals surface area (Å²) in [5.41, 5.74) is 0.410. The number of nitrogens with one attached hydrogen (secondary N) is 1. The van der Waals surface area contributed by atoms with Crippen molar-refractivity contribution < 1.29 is 9.53 Å². The van der Waals surface area contributed by atoms with Crippen LogP contribution in [-0.2, 0) is 4.74 Å². The van der Waals surface area contributed by atoms with Crippen LogP contribution in [0.5, 0.6) is 0 Å². The smallest absolute Gasteiger partial charge is 0.341 e. The highest BCUT2D eigenvalue weighted by Crippen LogP contribution is 2.14. The van der Waals surface area contributed by atoms with Crippen LogP contribution < -0.4 is 5.32 Å². The van der Waals surface area contributed by atoms with E-state index >= 15 is 0 Å². The van der Waals surface area contributed by atoms with E-state index in [1.165, 1.54) is 12.4 Å². The molecule has 0 radical (unpaired) electrons. The lowest BCUT2D eigenvalue weighted by Crippen LogP contribution is -2.40. The van der Waals surface area contributed by atoms with Gasteiger partial charge in [-0.3, -0.25) is 0 Å². The number of rotatable bonds is 3. The van der Waals surface area contributed by atoms with Crippen LogP contribution in [-0.4, -0.2) is 35.6 Å². The molecular weight excluding hydrogens is 194 g/mol. The second-order valence-corrected chi connectivity index (χ2v) is 3.41. The van der Waals surface area contributed by atoms with E-state index in [9.17, 15) is 4.79 Å². The van der Waals surface area contributed by atoms with Gasteiger partial charge in [0.15, 0.2) is 0 Å². The van der Waals surface area contributed by atoms with Gasteiger partial charge >= 0.3 is 5.97 Å². The number of aromatic nitrogens is 2. The molecule has 1 aromatic rings. The molecule has 1 aliphatic heterocycles. The van der Waals surface area contributed by atoms with Crippen molar-refractivity contribution in [3.05, 3.63) is 23.8 Å². The van der Waals surface area contributed by atoms with Crippen molar-refractivity contribution >= 4 is 5.97 Å². The first-order valence-electron chi connectivity index (χ1n) is 5.01. The molecule has 80 valence electrons. The van der Waals surface area contributed by atoms with Gasteiger partial charge in [0, 0.05) is 31.4 Å². The van der Waals surface area contributed by atoms with Gasteiger partial charge in [-0.2, -0.15) is 0 Å². The summed E-state index contributed by atoms with van der Waals surface area (Å²) in [6, 6.07) is 0. The maximum Gasteiger partial charge on any atom is 0.341 e. The first kappa shape index (κ1) is 10.0. The summed E-state index contributed by atoms with van der Waals surface area (Å²) in [5.74, 6) is 0.818. The molecule has 2 rings (SSSR count). The minimum atomic E-state index is -0.365. The van der Waals surface area contributed by atoms with Gasteiger partial charge in [-0.1, -0.05) is 0 Å². The number of carbonyl (C=O) groups excluding carboxylic acids is 1. The van der Waals surface area contributed by atoms with Crippen LogP contribution >= 0.6 is 0 Å². The molecule has 0 amide bonds. The second-order valence-electron chi connectivity index (χ2n) is 3.41. The molecule has 0 atom stereocenters. The average Bonchev–Trinajstić information content (AvgIpc) is 2.16. The maximum absolute atomic E-state index is 11.3. The van der Waals surface area contributed by atoms with E-state index in [1.807, 2.05) is 0 Å². The first-order chi connectivity index (χ1) is 7.31. The van der Waals surface area contributed by atoms with Crippen LogP contribution in [0.1, 0.15) is 29.0 Å². The van der Waals surface area contributed by atoms with Crippen molar-refractivity contribution in [3.63, 3.8) is 0 Å². The third-order valence-corrected chi connectivity index (χ3v) is 2.33. The lowest BCUT2D eigenvalue weighted by Gasteiger charge is -2.25. The third-order valence-electron chi connectivity index (χ3n) is 2.33. The van der Waals surface area contributed by atoms with Crippen molar-refractivity contribution in [2.45, 2.75) is 12.8 Å². The fourth-order valence-corrected chi connectivity index (χ4v) is 1.34. The Labute approximate surface area is 87.9 Å². The minimum absolute atomic E-state index is 0.365. The Kier molecular flexibility index (Phi) is 2.91. The zero-order valence-corrected chi connectivity index (χ0v) is 8.56. The maximum atomic E-state index is 11.3. The van der Waals surface area contributed by atoms with E-state index < -0.39 is 0 Å². The van der Waals surface area contributed by atoms with Gasteiger partial charge in [-0.05, 0) is 6.92 Å². The van der Waals surface area contributed by atoms with E-state index in [-0.39, 0.29) is 5.97 Å². The van der Waals surface area contributed by atoms with Crippen LogP contribution in [0.3, 0.4) is 0 Å². The van der Waals surface area contributed by atoms with Crippen LogP contribution in [0.4, 0.5) is 0 Å². The lowest BCUT2D eigenvalue weighted by atomic mass is 10.0. The van der Waals surface area contributed by atoms with Gasteiger partial charge in [0.1, 0.15) is 5.82 Å². The Morgan fingerprint density at radius 2 is 2.20 bits per heavy atom. The molecule has 1 fully saturated rings. The van der Waals surface area contributed by atoms with E-state index in [4.69, 9.17) is 4.74 Å².